The normalized spacial score (nSPS) is 10.7. The molecule has 28 nitrogen and oxygen atoms in total. The third-order valence-corrected chi connectivity index (χ3v) is 6.45. The molecule has 0 heterocycles. The van der Waals surface area contributed by atoms with Crippen LogP contribution < -0.4 is 9.47 Å². The zero-order valence-electron chi connectivity index (χ0n) is 31.8. The highest BCUT2D eigenvalue weighted by Crippen LogP contribution is 2.20. The molecule has 2 aromatic rings. The summed E-state index contributed by atoms with van der Waals surface area (Å²) < 4.78 is 23.8. The minimum absolute atomic E-state index is 0.0128. The molecule has 336 valence electrons. The topological polar surface area (TPSA) is 378 Å². The van der Waals surface area contributed by atoms with Gasteiger partial charge in [-0.2, -0.15) is 0 Å². The predicted octanol–water partition coefficient (Wildman–Crippen LogP) is 3.22. The van der Waals surface area contributed by atoms with E-state index in [-0.39, 0.29) is 67.2 Å². The number of carbonyl (C=O) groups excluding carboxylic acids is 5. The average molecular weight is 897 g/mol. The van der Waals surface area contributed by atoms with E-state index in [4.69, 9.17) is 35.7 Å². The van der Waals surface area contributed by atoms with Crippen LogP contribution in [-0.2, 0) is 52.7 Å². The third-order valence-electron chi connectivity index (χ3n) is 6.34. The van der Waals surface area contributed by atoms with Crippen LogP contribution in [0.1, 0.15) is 73.1 Å². The van der Waals surface area contributed by atoms with Gasteiger partial charge in [0.1, 0.15) is 48.0 Å². The fourth-order valence-electron chi connectivity index (χ4n) is 4.00. The summed E-state index contributed by atoms with van der Waals surface area (Å²) in [5.41, 5.74) is 0.127. The van der Waals surface area contributed by atoms with Crippen LogP contribution in [0.15, 0.2) is 48.5 Å². The van der Waals surface area contributed by atoms with Crippen molar-refractivity contribution >= 4 is 47.4 Å². The van der Waals surface area contributed by atoms with E-state index in [2.05, 4.69) is 24.1 Å². The van der Waals surface area contributed by atoms with Crippen molar-refractivity contribution in [2.45, 2.75) is 64.6 Å². The van der Waals surface area contributed by atoms with E-state index in [0.29, 0.717) is 0 Å². The van der Waals surface area contributed by atoms with Crippen LogP contribution in [-0.4, -0.2) is 99.5 Å². The van der Waals surface area contributed by atoms with Crippen molar-refractivity contribution in [2.24, 2.45) is 0 Å². The summed E-state index contributed by atoms with van der Waals surface area (Å²) in [6.45, 7) is 0.416. The van der Waals surface area contributed by atoms with Crippen molar-refractivity contribution in [3.8, 4) is 11.5 Å². The third kappa shape index (κ3) is 27.6. The lowest BCUT2D eigenvalue weighted by molar-refractivity contribution is -0.790. The lowest BCUT2D eigenvalue weighted by Gasteiger charge is -2.13. The van der Waals surface area contributed by atoms with Gasteiger partial charge in [0, 0.05) is 26.7 Å². The lowest BCUT2D eigenvalue weighted by atomic mass is 10.1. The van der Waals surface area contributed by atoms with Gasteiger partial charge < -0.3 is 48.1 Å². The van der Waals surface area contributed by atoms with Gasteiger partial charge in [0.25, 0.3) is 20.3 Å². The van der Waals surface area contributed by atoms with E-state index in [9.17, 15) is 69.2 Å². The molecule has 29 heteroatoms. The van der Waals surface area contributed by atoms with Gasteiger partial charge >= 0.3 is 35.8 Å². The Labute approximate surface area is 346 Å². The SMILES string of the molecule is CC(=O)Oc1ccccc1C(=O)OCCl.CC(=O)Oc1ccccc1C(=O)OCOC(=O)CCCC(CO[N+](=O)[O-])O[N+](=O)[O-].O=C(O)CCCC(CO[N+](=O)[O-])O[N+](=O)[O-]. The summed E-state index contributed by atoms with van der Waals surface area (Å²) in [6.07, 6.45) is -2.78. The molecule has 2 unspecified atom stereocenters. The second kappa shape index (κ2) is 30.4. The van der Waals surface area contributed by atoms with E-state index >= 15 is 0 Å². The van der Waals surface area contributed by atoms with Gasteiger partial charge in [0.15, 0.2) is 6.07 Å². The highest BCUT2D eigenvalue weighted by molar-refractivity contribution is 6.17. The quantitative estimate of drug-likeness (QED) is 0.0373. The maximum Gasteiger partial charge on any atom is 0.344 e. The summed E-state index contributed by atoms with van der Waals surface area (Å²) in [5, 5.41) is 44.2. The molecule has 0 bridgehead atoms. The Morgan fingerprint density at radius 1 is 0.623 bits per heavy atom. The van der Waals surface area contributed by atoms with Crippen LogP contribution >= 0.6 is 11.6 Å². The molecule has 0 fully saturated rings. The standard InChI is InChI=1S/C16H18N2O12.C10H9ClO4.C6H10N2O8/c1-11(19)29-14-7-3-2-6-13(14)16(21)27-10-26-15(20)8-4-5-12(30-18(24)25)9-28-17(22)23;1-7(12)15-9-5-3-2-4-8(9)10(13)14-6-11;9-6(10)3-1-2-5(16-8(13)14)4-15-7(11)12/h2-3,6-7,12H,4-5,8-10H2,1H3;2-5H,6H2,1H3;5H,1-4H2,(H,9,10). The highest BCUT2D eigenvalue weighted by atomic mass is 35.5. The first-order chi connectivity index (χ1) is 28.7. The molecule has 0 aliphatic rings. The Morgan fingerprint density at radius 3 is 1.41 bits per heavy atom. The number of carbonyl (C=O) groups is 6. The maximum absolute atomic E-state index is 12.0. The Balaban J connectivity index is 0.000000976. The van der Waals surface area contributed by atoms with Crippen molar-refractivity contribution in [3.63, 3.8) is 0 Å². The van der Waals surface area contributed by atoms with Crippen LogP contribution in [0.25, 0.3) is 0 Å². The van der Waals surface area contributed by atoms with Gasteiger partial charge in [-0.1, -0.05) is 35.9 Å². The van der Waals surface area contributed by atoms with Crippen LogP contribution in [0, 0.1) is 40.5 Å². The van der Waals surface area contributed by atoms with Gasteiger partial charge in [0.2, 0.25) is 6.79 Å². The van der Waals surface area contributed by atoms with E-state index < -0.39 is 88.4 Å². The monoisotopic (exact) mass is 896 g/mol. The number of rotatable bonds is 25. The minimum Gasteiger partial charge on any atom is -0.481 e. The second-order valence-electron chi connectivity index (χ2n) is 10.9. The number of nitrogens with zero attached hydrogens (tertiary/aromatic N) is 4. The Hall–Kier alpha value is -7.65. The van der Waals surface area contributed by atoms with E-state index in [0.717, 1.165) is 6.92 Å². The van der Waals surface area contributed by atoms with Crippen LogP contribution in [0.2, 0.25) is 0 Å². The number of carboxylic acids is 1. The summed E-state index contributed by atoms with van der Waals surface area (Å²) >= 11 is 5.25. The first kappa shape index (κ1) is 53.3. The Kier molecular flexibility index (Phi) is 26.6. The van der Waals surface area contributed by atoms with Gasteiger partial charge in [-0.05, 0) is 49.9 Å². The number of alkyl halides is 1. The van der Waals surface area contributed by atoms with Gasteiger partial charge in [0.05, 0.1) is 0 Å². The number of benzene rings is 2. The molecule has 0 radical (unpaired) electrons. The summed E-state index contributed by atoms with van der Waals surface area (Å²) in [5.74, 6) is -4.35. The van der Waals surface area contributed by atoms with Crippen LogP contribution in [0.4, 0.5) is 0 Å². The smallest absolute Gasteiger partial charge is 0.344 e. The van der Waals surface area contributed by atoms with Gasteiger partial charge in [-0.15, -0.1) is 40.5 Å². The molecule has 0 amide bonds. The predicted molar refractivity (Wildman–Crippen MR) is 193 cm³/mol. The maximum atomic E-state index is 12.0. The van der Waals surface area contributed by atoms with Crippen molar-refractivity contribution in [1.29, 1.82) is 0 Å². The van der Waals surface area contributed by atoms with Crippen LogP contribution in [0.3, 0.4) is 0 Å². The number of halogens is 1. The number of aliphatic carboxylic acids is 1. The van der Waals surface area contributed by atoms with Crippen molar-refractivity contribution in [3.05, 3.63) is 100 Å². The molecule has 2 aromatic carbocycles. The number of esters is 5. The van der Waals surface area contributed by atoms with E-state index in [1.807, 2.05) is 0 Å². The molecule has 0 spiro atoms. The average Bonchev–Trinajstić information content (AvgIpc) is 3.16. The molecule has 0 aromatic heterocycles. The first-order valence-electron chi connectivity index (χ1n) is 16.7. The molecular weight excluding hydrogens is 860 g/mol. The minimum atomic E-state index is -1.24. The number of hydrogen-bond donors (Lipinski definition) is 1. The molecule has 0 aliphatic heterocycles. The zero-order valence-corrected chi connectivity index (χ0v) is 32.6. The van der Waals surface area contributed by atoms with Crippen molar-refractivity contribution in [1.82, 2.24) is 0 Å². The molecule has 0 saturated carbocycles. The zero-order chi connectivity index (χ0) is 46.3. The first-order valence-corrected chi connectivity index (χ1v) is 17.3. The van der Waals surface area contributed by atoms with Gasteiger partial charge in [-0.25, -0.2) is 9.59 Å². The molecular formula is C32H37ClN4O24. The molecule has 2 atom stereocenters. The van der Waals surface area contributed by atoms with Crippen LogP contribution in [0.5, 0.6) is 11.5 Å². The van der Waals surface area contributed by atoms with E-state index in [1.165, 1.54) is 37.3 Å². The molecule has 61 heavy (non-hydrogen) atoms. The number of carboxylic acid groups (broad SMARTS) is 1. The lowest BCUT2D eigenvalue weighted by Crippen LogP contribution is -2.25. The van der Waals surface area contributed by atoms with Gasteiger partial charge in [-0.3, -0.25) is 19.2 Å². The second-order valence-corrected chi connectivity index (χ2v) is 11.1. The van der Waals surface area contributed by atoms with Crippen molar-refractivity contribution in [2.75, 3.05) is 26.1 Å². The fourth-order valence-corrected chi connectivity index (χ4v) is 4.10. The largest absolute Gasteiger partial charge is 0.481 e. The molecule has 0 aliphatic carbocycles. The number of para-hydroxylation sites is 2. The fraction of sp³-hybridized carbons (Fsp3) is 0.438. The Bertz CT molecular complexity index is 1810. The number of hydrogen-bond acceptors (Lipinski definition) is 23. The summed E-state index contributed by atoms with van der Waals surface area (Å²) in [4.78, 5) is 123. The van der Waals surface area contributed by atoms with Crippen molar-refractivity contribution < 1.29 is 97.3 Å². The van der Waals surface area contributed by atoms with E-state index in [1.54, 1.807) is 18.2 Å². The Morgan fingerprint density at radius 2 is 1.03 bits per heavy atom. The molecule has 1 N–H and O–H groups in total. The summed E-state index contributed by atoms with van der Waals surface area (Å²) in [6, 6.07) is 11.8. The number of ether oxygens (including phenoxy) is 5. The highest BCUT2D eigenvalue weighted by Gasteiger charge is 2.19. The summed E-state index contributed by atoms with van der Waals surface area (Å²) in [7, 11) is 0. The molecule has 2 rings (SSSR count). The molecule has 0 saturated heterocycles.